The minimum Gasteiger partial charge on any atom is -0.263 e. The number of hydrogen-bond acceptors (Lipinski definition) is 1. The van der Waals surface area contributed by atoms with Gasteiger partial charge in [-0.05, 0) is 18.8 Å². The number of aryl methyl sites for hydroxylation is 1. The van der Waals surface area contributed by atoms with Crippen LogP contribution in [0.2, 0.25) is 0 Å². The molecule has 0 amide bonds. The van der Waals surface area contributed by atoms with Gasteiger partial charge in [0.15, 0.2) is 0 Å². The Morgan fingerprint density at radius 1 is 1.47 bits per heavy atom. The number of hydrogen-bond donors (Lipinski definition) is 0. The molecule has 2 nitrogen and oxygen atoms in total. The summed E-state index contributed by atoms with van der Waals surface area (Å²) in [6, 6.07) is 0. The molecule has 0 spiro atoms. The Kier molecular flexibility index (Phi) is 2.79. The number of halogens is 2. The lowest BCUT2D eigenvalue weighted by Crippen LogP contribution is -2.26. The van der Waals surface area contributed by atoms with Gasteiger partial charge in [0, 0.05) is 17.5 Å². The van der Waals surface area contributed by atoms with E-state index in [1.165, 1.54) is 4.68 Å². The Labute approximate surface area is 101 Å². The van der Waals surface area contributed by atoms with Crippen molar-refractivity contribution in [2.75, 3.05) is 0 Å². The average Bonchev–Trinajstić information content (AvgIpc) is 2.77. The maximum absolute atomic E-state index is 14.1. The van der Waals surface area contributed by atoms with Gasteiger partial charge in [0.1, 0.15) is 5.69 Å². The molecule has 1 aromatic heterocycles. The van der Waals surface area contributed by atoms with E-state index in [2.05, 4.69) is 5.10 Å². The molecule has 0 N–H and O–H groups in total. The number of alkyl halides is 2. The molecule has 1 saturated carbocycles. The van der Waals surface area contributed by atoms with Crippen molar-refractivity contribution in [1.29, 1.82) is 0 Å². The first-order valence-electron chi connectivity index (χ1n) is 6.46. The molecule has 0 radical (unpaired) electrons. The van der Waals surface area contributed by atoms with Crippen molar-refractivity contribution in [3.63, 3.8) is 0 Å². The second-order valence-electron chi connectivity index (χ2n) is 4.92. The van der Waals surface area contributed by atoms with Crippen LogP contribution < -0.4 is 0 Å². The zero-order chi connectivity index (χ0) is 12.8. The SMILES string of the molecule is CC.CCCn1ncc2c1C(F)(F)[C@@]1(C)CC21. The highest BCUT2D eigenvalue weighted by atomic mass is 19.3. The Morgan fingerprint density at radius 2 is 2.12 bits per heavy atom. The molecule has 2 aliphatic carbocycles. The minimum absolute atomic E-state index is 0.0492. The van der Waals surface area contributed by atoms with Crippen molar-refractivity contribution in [2.45, 2.75) is 58.9 Å². The number of fused-ring (bicyclic) bond motifs is 3. The first-order valence-corrected chi connectivity index (χ1v) is 6.46. The van der Waals surface area contributed by atoms with Crippen molar-refractivity contribution in [1.82, 2.24) is 9.78 Å². The second-order valence-corrected chi connectivity index (χ2v) is 4.92. The number of aromatic nitrogens is 2. The topological polar surface area (TPSA) is 17.8 Å². The Bertz CT molecular complexity index is 425. The second kappa shape index (κ2) is 3.79. The predicted octanol–water partition coefficient (Wildman–Crippen LogP) is 3.92. The summed E-state index contributed by atoms with van der Waals surface area (Å²) < 4.78 is 29.7. The predicted molar refractivity (Wildman–Crippen MR) is 63.2 cm³/mol. The number of nitrogens with zero attached hydrogens (tertiary/aromatic N) is 2. The Morgan fingerprint density at radius 3 is 2.71 bits per heavy atom. The Balaban J connectivity index is 0.000000514. The van der Waals surface area contributed by atoms with E-state index >= 15 is 0 Å². The summed E-state index contributed by atoms with van der Waals surface area (Å²) in [4.78, 5) is 0. The van der Waals surface area contributed by atoms with Crippen LogP contribution in [0.4, 0.5) is 8.78 Å². The van der Waals surface area contributed by atoms with Gasteiger partial charge in [0.2, 0.25) is 0 Å². The largest absolute Gasteiger partial charge is 0.295 e. The fourth-order valence-corrected chi connectivity index (χ4v) is 2.82. The molecule has 3 rings (SSSR count). The maximum atomic E-state index is 14.1. The van der Waals surface area contributed by atoms with Crippen LogP contribution in [0.15, 0.2) is 6.20 Å². The third-order valence-electron chi connectivity index (χ3n) is 3.93. The number of rotatable bonds is 2. The van der Waals surface area contributed by atoms with Crippen LogP contribution in [0.5, 0.6) is 0 Å². The zero-order valence-corrected chi connectivity index (χ0v) is 10.9. The fourth-order valence-electron chi connectivity index (χ4n) is 2.82. The molecule has 1 aromatic rings. The minimum atomic E-state index is -2.68. The highest BCUT2D eigenvalue weighted by Gasteiger charge is 2.74. The third kappa shape index (κ3) is 1.39. The summed E-state index contributed by atoms with van der Waals surface area (Å²) in [5.41, 5.74) is 0.162. The van der Waals surface area contributed by atoms with Gasteiger partial charge in [-0.25, -0.2) is 0 Å². The molecular weight excluding hydrogens is 222 g/mol. The van der Waals surface area contributed by atoms with Crippen molar-refractivity contribution in [3.8, 4) is 0 Å². The molecule has 0 saturated heterocycles. The Hall–Kier alpha value is -0.930. The summed E-state index contributed by atoms with van der Waals surface area (Å²) in [6.45, 7) is 8.26. The third-order valence-corrected chi connectivity index (χ3v) is 3.93. The summed E-state index contributed by atoms with van der Waals surface area (Å²) in [5.74, 6) is -2.63. The molecule has 1 heterocycles. The fraction of sp³-hybridized carbons (Fsp3) is 0.769. The molecule has 4 heteroatoms. The highest BCUT2D eigenvalue weighted by Crippen LogP contribution is 2.75. The van der Waals surface area contributed by atoms with Gasteiger partial charge in [-0.3, -0.25) is 4.68 Å². The smallest absolute Gasteiger partial charge is 0.263 e. The van der Waals surface area contributed by atoms with E-state index in [9.17, 15) is 8.78 Å². The van der Waals surface area contributed by atoms with Gasteiger partial charge >= 0.3 is 0 Å². The summed E-state index contributed by atoms with van der Waals surface area (Å²) >= 11 is 0. The van der Waals surface area contributed by atoms with Crippen LogP contribution in [0.25, 0.3) is 0 Å². The lowest BCUT2D eigenvalue weighted by atomic mass is 10.0. The van der Waals surface area contributed by atoms with Crippen LogP contribution in [0.1, 0.15) is 57.7 Å². The zero-order valence-electron chi connectivity index (χ0n) is 10.9. The van der Waals surface area contributed by atoms with Crippen LogP contribution in [-0.2, 0) is 12.5 Å². The molecule has 96 valence electrons. The molecule has 2 atom stereocenters. The molecule has 0 aromatic carbocycles. The first kappa shape index (κ1) is 12.5. The molecule has 0 aliphatic heterocycles. The van der Waals surface area contributed by atoms with E-state index in [0.29, 0.717) is 13.0 Å². The lowest BCUT2D eigenvalue weighted by molar-refractivity contribution is -0.0733. The molecular formula is C13H20F2N2. The first-order chi connectivity index (χ1) is 8.02. The average molecular weight is 242 g/mol. The summed E-state index contributed by atoms with van der Waals surface area (Å²) in [5, 5.41) is 4.07. The van der Waals surface area contributed by atoms with E-state index in [-0.39, 0.29) is 11.6 Å². The standard InChI is InChI=1S/C11H14F2N2.C2H6/c1-3-4-15-9-7(6-14-15)8-5-10(8,2)11(9,12)13;1-2/h6,8H,3-5H2,1-2H3;1-2H3/t8?,10-;/m0./s1. The van der Waals surface area contributed by atoms with Gasteiger partial charge in [0.25, 0.3) is 5.92 Å². The molecule has 1 unspecified atom stereocenters. The molecule has 17 heavy (non-hydrogen) atoms. The van der Waals surface area contributed by atoms with Gasteiger partial charge in [-0.15, -0.1) is 0 Å². The van der Waals surface area contributed by atoms with E-state index in [4.69, 9.17) is 0 Å². The van der Waals surface area contributed by atoms with Crippen molar-refractivity contribution in [3.05, 3.63) is 17.5 Å². The molecule has 1 fully saturated rings. The van der Waals surface area contributed by atoms with Crippen LogP contribution in [0.3, 0.4) is 0 Å². The quantitative estimate of drug-likeness (QED) is 0.768. The van der Waals surface area contributed by atoms with Gasteiger partial charge < -0.3 is 0 Å². The van der Waals surface area contributed by atoms with Crippen molar-refractivity contribution in [2.24, 2.45) is 5.41 Å². The summed E-state index contributed by atoms with van der Waals surface area (Å²) in [6.07, 6.45) is 3.10. The maximum Gasteiger partial charge on any atom is 0.295 e. The van der Waals surface area contributed by atoms with E-state index in [1.54, 1.807) is 13.1 Å². The van der Waals surface area contributed by atoms with Gasteiger partial charge in [-0.1, -0.05) is 27.7 Å². The molecule has 2 aliphatic rings. The highest BCUT2D eigenvalue weighted by molar-refractivity contribution is 5.45. The monoisotopic (exact) mass is 242 g/mol. The van der Waals surface area contributed by atoms with Crippen molar-refractivity contribution < 1.29 is 8.78 Å². The van der Waals surface area contributed by atoms with E-state index in [0.717, 1.165) is 12.0 Å². The van der Waals surface area contributed by atoms with Crippen molar-refractivity contribution >= 4 is 0 Å². The van der Waals surface area contributed by atoms with Gasteiger partial charge in [-0.2, -0.15) is 13.9 Å². The van der Waals surface area contributed by atoms with Crippen LogP contribution in [0, 0.1) is 5.41 Å². The van der Waals surface area contributed by atoms with E-state index in [1.807, 2.05) is 20.8 Å². The van der Waals surface area contributed by atoms with Gasteiger partial charge in [0.05, 0.1) is 6.20 Å². The normalized spacial score (nSPS) is 31.3. The summed E-state index contributed by atoms with van der Waals surface area (Å²) in [7, 11) is 0. The van der Waals surface area contributed by atoms with E-state index < -0.39 is 11.3 Å². The lowest BCUT2D eigenvalue weighted by Gasteiger charge is -2.21. The van der Waals surface area contributed by atoms with Crippen LogP contribution >= 0.6 is 0 Å². The molecule has 0 bridgehead atoms. The van der Waals surface area contributed by atoms with Crippen LogP contribution in [-0.4, -0.2) is 9.78 Å².